The molecule has 0 heteroatoms. The van der Waals surface area contributed by atoms with Crippen LogP contribution in [0.1, 0.15) is 156 Å². The molecule has 0 saturated carbocycles. The van der Waals surface area contributed by atoms with E-state index in [9.17, 15) is 0 Å². The summed E-state index contributed by atoms with van der Waals surface area (Å²) in [5, 5.41) is 16.6. The zero-order valence-electron chi connectivity index (χ0n) is 64.1. The van der Waals surface area contributed by atoms with E-state index in [0.29, 0.717) is 0 Å². The normalized spacial score (nSPS) is 10.7. The summed E-state index contributed by atoms with van der Waals surface area (Å²) < 4.78 is 0. The predicted molar refractivity (Wildman–Crippen MR) is 443 cm³/mol. The average Bonchev–Trinajstić information content (AvgIpc) is 0.801. The van der Waals surface area contributed by atoms with E-state index in [1.54, 1.807) is 11.1 Å². The van der Waals surface area contributed by atoms with E-state index in [1.165, 1.54) is 220 Å². The van der Waals surface area contributed by atoms with Crippen LogP contribution in [0.2, 0.25) is 0 Å². The SMILES string of the molecule is CCCCc1cc(C)cc2c(CCCC)cc(C)cc12.Cc1cc(C)c2ccc(C)c(C)c2c1.Cc1ccc(-c2cc(C)c(C)c(C)c2)cc1.Cc1ccc(C)c2ccccc12.Cc1ccc2cc(C)ccc2c1.Cc1ccc2ccc(C)c(C)c2c1.Cc1ccc2ccc(C)cc2c1. The zero-order chi connectivity index (χ0) is 71.6. The van der Waals surface area contributed by atoms with Crippen LogP contribution < -0.4 is 0 Å². The van der Waals surface area contributed by atoms with Gasteiger partial charge in [0, 0.05) is 0 Å². The molecule has 14 rings (SSSR count). The van der Waals surface area contributed by atoms with Gasteiger partial charge in [0.25, 0.3) is 0 Å². The second kappa shape index (κ2) is 35.4. The van der Waals surface area contributed by atoms with Gasteiger partial charge in [-0.15, -0.1) is 0 Å². The Balaban J connectivity index is 0.000000148. The van der Waals surface area contributed by atoms with Crippen molar-refractivity contribution in [2.24, 2.45) is 0 Å². The lowest BCUT2D eigenvalue weighted by atomic mass is 9.91. The molecule has 0 aliphatic carbocycles. The number of rotatable bonds is 7. The Morgan fingerprint density at radius 2 is 0.545 bits per heavy atom. The molecule has 14 aromatic carbocycles. The van der Waals surface area contributed by atoms with E-state index in [1.807, 2.05) is 0 Å². The fraction of sp³-hybridized carbons (Fsp3) is 0.273. The zero-order valence-corrected chi connectivity index (χ0v) is 64.1. The van der Waals surface area contributed by atoms with E-state index < -0.39 is 0 Å². The topological polar surface area (TPSA) is 0 Å². The summed E-state index contributed by atoms with van der Waals surface area (Å²) >= 11 is 0. The van der Waals surface area contributed by atoms with Crippen LogP contribution in [0.3, 0.4) is 0 Å². The van der Waals surface area contributed by atoms with Gasteiger partial charge < -0.3 is 0 Å². The number of hydrogen-bond acceptors (Lipinski definition) is 0. The quantitative estimate of drug-likeness (QED) is 0.149. The second-order valence-electron chi connectivity index (χ2n) is 28.6. The predicted octanol–water partition coefficient (Wildman–Crippen LogP) is 28.9. The summed E-state index contributed by atoms with van der Waals surface area (Å²) in [6.07, 6.45) is 7.54. The lowest BCUT2D eigenvalue weighted by Gasteiger charge is -2.13. The van der Waals surface area contributed by atoms with Gasteiger partial charge in [-0.1, -0.05) is 301 Å². The van der Waals surface area contributed by atoms with Crippen molar-refractivity contribution in [1.82, 2.24) is 0 Å². The molecule has 0 nitrogen and oxygen atoms in total. The molecule has 0 atom stereocenters. The Morgan fingerprint density at radius 3 is 1.02 bits per heavy atom. The average molecular weight is 1300 g/mol. The van der Waals surface area contributed by atoms with Crippen LogP contribution >= 0.6 is 0 Å². The van der Waals surface area contributed by atoms with Crippen LogP contribution in [0, 0.1) is 132 Å². The molecule has 0 aliphatic rings. The lowest BCUT2D eigenvalue weighted by molar-refractivity contribution is 0.795. The van der Waals surface area contributed by atoms with Crippen molar-refractivity contribution < 1.29 is 0 Å². The summed E-state index contributed by atoms with van der Waals surface area (Å²) in [6.45, 7) is 45.7. The summed E-state index contributed by atoms with van der Waals surface area (Å²) in [5.41, 5.74) is 31.6. The molecule has 0 heterocycles. The van der Waals surface area contributed by atoms with Gasteiger partial charge in [0.1, 0.15) is 0 Å². The molecule has 0 bridgehead atoms. The Labute approximate surface area is 597 Å². The van der Waals surface area contributed by atoms with Crippen molar-refractivity contribution in [1.29, 1.82) is 0 Å². The molecule has 0 saturated heterocycles. The summed E-state index contributed by atoms with van der Waals surface area (Å²) in [5.74, 6) is 0. The highest BCUT2D eigenvalue weighted by atomic mass is 14.1. The van der Waals surface area contributed by atoms with Gasteiger partial charge in [-0.05, 0) is 300 Å². The molecule has 0 unspecified atom stereocenters. The fourth-order valence-electron chi connectivity index (χ4n) is 13.3. The maximum Gasteiger partial charge on any atom is -0.0146 e. The first-order valence-corrected chi connectivity index (χ1v) is 36.3. The monoisotopic (exact) mass is 1300 g/mol. The highest BCUT2D eigenvalue weighted by Crippen LogP contribution is 2.31. The van der Waals surface area contributed by atoms with Crippen molar-refractivity contribution in [3.05, 3.63) is 341 Å². The third-order valence-electron chi connectivity index (χ3n) is 19.8. The number of aryl methyl sites for hydroxylation is 20. The van der Waals surface area contributed by atoms with E-state index in [4.69, 9.17) is 0 Å². The van der Waals surface area contributed by atoms with Gasteiger partial charge in [0.15, 0.2) is 0 Å². The second-order valence-corrected chi connectivity index (χ2v) is 28.6. The Kier molecular flexibility index (Phi) is 27.0. The van der Waals surface area contributed by atoms with Gasteiger partial charge in [0.2, 0.25) is 0 Å². The molecule has 508 valence electrons. The maximum atomic E-state index is 2.39. The minimum atomic E-state index is 1.21. The molecular weight excluding hydrogens is 1190 g/mol. The maximum absolute atomic E-state index is 2.39. The van der Waals surface area contributed by atoms with E-state index >= 15 is 0 Å². The molecule has 0 aromatic heterocycles. The molecule has 0 N–H and O–H groups in total. The van der Waals surface area contributed by atoms with Crippen molar-refractivity contribution in [3.8, 4) is 11.1 Å². The van der Waals surface area contributed by atoms with Crippen molar-refractivity contribution >= 4 is 64.6 Å². The summed E-state index contributed by atoms with van der Waals surface area (Å²) in [4.78, 5) is 0. The minimum absolute atomic E-state index is 1.21. The minimum Gasteiger partial charge on any atom is -0.0654 e. The molecule has 14 aromatic rings. The lowest BCUT2D eigenvalue weighted by Crippen LogP contribution is -1.95. The molecule has 99 heavy (non-hydrogen) atoms. The summed E-state index contributed by atoms with van der Waals surface area (Å²) in [6, 6.07) is 81.9. The van der Waals surface area contributed by atoms with Crippen LogP contribution in [-0.2, 0) is 12.8 Å². The van der Waals surface area contributed by atoms with Gasteiger partial charge in [0.05, 0.1) is 0 Å². The third-order valence-corrected chi connectivity index (χ3v) is 19.8. The molecule has 0 amide bonds. The first kappa shape index (κ1) is 75.4. The van der Waals surface area contributed by atoms with Gasteiger partial charge >= 0.3 is 0 Å². The first-order chi connectivity index (χ1) is 47.3. The largest absolute Gasteiger partial charge is 0.0654 e. The molecule has 0 spiro atoms. The fourth-order valence-corrected chi connectivity index (χ4v) is 13.3. The number of unbranched alkanes of at least 4 members (excludes halogenated alkanes) is 2. The number of benzene rings is 14. The van der Waals surface area contributed by atoms with Crippen molar-refractivity contribution in [2.75, 3.05) is 0 Å². The van der Waals surface area contributed by atoms with E-state index in [2.05, 4.69) is 370 Å². The Bertz CT molecular complexity index is 4860. The molecule has 0 aliphatic heterocycles. The number of hydrogen-bond donors (Lipinski definition) is 0. The molecule has 0 fully saturated rings. The third kappa shape index (κ3) is 20.6. The van der Waals surface area contributed by atoms with E-state index in [-0.39, 0.29) is 0 Å². The Morgan fingerprint density at radius 1 is 0.192 bits per heavy atom. The van der Waals surface area contributed by atoms with Crippen LogP contribution in [0.25, 0.3) is 75.8 Å². The Hall–Kier alpha value is -9.36. The highest BCUT2D eigenvalue weighted by molar-refractivity contribution is 5.92. The van der Waals surface area contributed by atoms with Crippen LogP contribution in [0.15, 0.2) is 224 Å². The van der Waals surface area contributed by atoms with Crippen molar-refractivity contribution in [3.63, 3.8) is 0 Å². The van der Waals surface area contributed by atoms with Crippen LogP contribution in [0.5, 0.6) is 0 Å². The van der Waals surface area contributed by atoms with Gasteiger partial charge in [-0.25, -0.2) is 0 Å². The van der Waals surface area contributed by atoms with E-state index in [0.717, 1.165) is 0 Å². The van der Waals surface area contributed by atoms with Crippen molar-refractivity contribution in [2.45, 2.75) is 184 Å². The van der Waals surface area contributed by atoms with Crippen LogP contribution in [0.4, 0.5) is 0 Å². The standard InChI is InChI=1S/C20H28.C16H18.C14H16.C13H14.3C12H12/c1-5-7-9-17-11-15(3)14-20-18(10-8-6-2)12-16(4)13-19(17)20;1-11-5-7-15(8-6-11)16-9-12(2)14(4)13(3)10-16;1-9-7-11(3)13-6-5-10(2)12(4)14(13)8-9;1-9-4-6-12-7-5-10(2)11(3)13(12)8-9;1-9-3-5-12-8-10(2)4-6-11(12)7-9;1-9-3-5-11-6-4-10(2)8-12(11)7-9;1-9-7-8-10(2)12-6-4-3-5-11(9)12/h11-14H,5-10H2,1-4H3;5-10H,1-4H3;5-8H,1-4H3;4-8H,1-3H3;3*3-8H,1-2H3. The molecular formula is C99H112. The first-order valence-electron chi connectivity index (χ1n) is 36.3. The van der Waals surface area contributed by atoms with Crippen LogP contribution in [-0.4, -0.2) is 0 Å². The van der Waals surface area contributed by atoms with Gasteiger partial charge in [-0.3, -0.25) is 0 Å². The summed E-state index contributed by atoms with van der Waals surface area (Å²) in [7, 11) is 0. The smallest absolute Gasteiger partial charge is 0.0146 e. The van der Waals surface area contributed by atoms with Gasteiger partial charge in [-0.2, -0.15) is 0 Å². The highest BCUT2D eigenvalue weighted by Gasteiger charge is 2.10. The molecule has 0 radical (unpaired) electrons. The number of fused-ring (bicyclic) bond motifs is 6.